The zero-order chi connectivity index (χ0) is 17.3. The minimum Gasteiger partial charge on any atom is -0.348 e. The summed E-state index contributed by atoms with van der Waals surface area (Å²) < 4.78 is 2.55. The van der Waals surface area contributed by atoms with Gasteiger partial charge in [0.2, 0.25) is 5.91 Å². The van der Waals surface area contributed by atoms with Crippen LogP contribution in [0.5, 0.6) is 0 Å². The molecule has 3 aromatic rings. The average molecular weight is 361 g/mol. The first kappa shape index (κ1) is 16.7. The number of nitrogens with one attached hydrogen (secondary N) is 1. The minimum absolute atomic E-state index is 0.00342. The summed E-state index contributed by atoms with van der Waals surface area (Å²) in [6.07, 6.45) is 0. The van der Waals surface area contributed by atoms with Gasteiger partial charge in [-0.25, -0.2) is 0 Å². The first-order valence-electron chi connectivity index (χ1n) is 7.58. The maximum Gasteiger partial charge on any atom is 0.240 e. The Bertz CT molecular complexity index is 944. The largest absolute Gasteiger partial charge is 0.348 e. The lowest BCUT2D eigenvalue weighted by Crippen LogP contribution is -2.31. The molecule has 3 rings (SSSR count). The van der Waals surface area contributed by atoms with E-state index in [0.29, 0.717) is 9.72 Å². The average Bonchev–Trinajstić information content (AvgIpc) is 3.02. The van der Waals surface area contributed by atoms with Crippen LogP contribution >= 0.6 is 22.9 Å². The fraction of sp³-hybridized carbons (Fsp3) is 0.222. The van der Waals surface area contributed by atoms with E-state index < -0.39 is 0 Å². The van der Waals surface area contributed by atoms with Crippen molar-refractivity contribution in [3.8, 4) is 0 Å². The van der Waals surface area contributed by atoms with E-state index >= 15 is 0 Å². The number of thiophene rings is 1. The topological polar surface area (TPSA) is 51.1 Å². The number of carbonyl (C=O) groups is 1. The molecule has 0 aliphatic rings. The Labute approximate surface area is 148 Å². The van der Waals surface area contributed by atoms with E-state index in [-0.39, 0.29) is 23.9 Å². The van der Waals surface area contributed by atoms with Gasteiger partial charge >= 0.3 is 0 Å². The van der Waals surface area contributed by atoms with Crippen LogP contribution in [-0.4, -0.2) is 10.5 Å². The van der Waals surface area contributed by atoms with Crippen LogP contribution in [-0.2, 0) is 11.3 Å². The molecule has 0 fully saturated rings. The maximum absolute atomic E-state index is 12.4. The Balaban J connectivity index is 1.79. The van der Waals surface area contributed by atoms with Gasteiger partial charge in [0, 0.05) is 16.8 Å². The van der Waals surface area contributed by atoms with Crippen LogP contribution in [0.4, 0.5) is 0 Å². The minimum atomic E-state index is -0.118. The third-order valence-corrected chi connectivity index (χ3v) is 5.14. The molecular formula is C18H17ClN2O2S. The summed E-state index contributed by atoms with van der Waals surface area (Å²) >= 11 is 7.29. The lowest BCUT2D eigenvalue weighted by Gasteiger charge is -2.17. The molecule has 0 saturated carbocycles. The molecule has 0 aliphatic carbocycles. The molecule has 0 radical (unpaired) electrons. The molecule has 0 unspecified atom stereocenters. The third kappa shape index (κ3) is 3.37. The van der Waals surface area contributed by atoms with Gasteiger partial charge in [0.05, 0.1) is 16.3 Å². The summed E-state index contributed by atoms with van der Waals surface area (Å²) in [5, 5.41) is 5.52. The number of aryl methyl sites for hydroxylation is 1. The first-order chi connectivity index (χ1) is 11.5. The van der Waals surface area contributed by atoms with E-state index in [9.17, 15) is 9.59 Å². The number of hydrogen-bond donors (Lipinski definition) is 1. The SMILES string of the molecule is Cc1cc(=O)c2sccc2n1CC(=O)N[C@@H](C)c1ccc(Cl)cc1. The predicted octanol–water partition coefficient (Wildman–Crippen LogP) is 3.90. The maximum atomic E-state index is 12.4. The van der Waals surface area contributed by atoms with Gasteiger partial charge in [-0.1, -0.05) is 23.7 Å². The zero-order valence-corrected chi connectivity index (χ0v) is 14.9. The van der Waals surface area contributed by atoms with Crippen molar-refractivity contribution in [3.05, 3.63) is 68.3 Å². The second kappa shape index (κ2) is 6.79. The number of benzene rings is 1. The van der Waals surface area contributed by atoms with Crippen LogP contribution in [0.15, 0.2) is 46.6 Å². The molecule has 1 aromatic carbocycles. The Morgan fingerprint density at radius 1 is 1.29 bits per heavy atom. The Morgan fingerprint density at radius 2 is 2.00 bits per heavy atom. The number of halogens is 1. The predicted molar refractivity (Wildman–Crippen MR) is 98.8 cm³/mol. The number of pyridine rings is 1. The van der Waals surface area contributed by atoms with Gasteiger partial charge in [0.15, 0.2) is 5.43 Å². The number of aromatic nitrogens is 1. The number of carbonyl (C=O) groups excluding carboxylic acids is 1. The third-order valence-electron chi connectivity index (χ3n) is 3.97. The zero-order valence-electron chi connectivity index (χ0n) is 13.4. The van der Waals surface area contributed by atoms with Crippen LogP contribution in [0.2, 0.25) is 5.02 Å². The van der Waals surface area contributed by atoms with Crippen molar-refractivity contribution in [1.82, 2.24) is 9.88 Å². The Hall–Kier alpha value is -2.11. The van der Waals surface area contributed by atoms with E-state index in [2.05, 4.69) is 5.32 Å². The van der Waals surface area contributed by atoms with Gasteiger partial charge in [-0.3, -0.25) is 9.59 Å². The lowest BCUT2D eigenvalue weighted by molar-refractivity contribution is -0.122. The van der Waals surface area contributed by atoms with Crippen molar-refractivity contribution in [2.75, 3.05) is 0 Å². The highest BCUT2D eigenvalue weighted by atomic mass is 35.5. The van der Waals surface area contributed by atoms with Crippen LogP contribution in [0, 0.1) is 6.92 Å². The molecule has 0 aliphatic heterocycles. The van der Waals surface area contributed by atoms with Crippen molar-refractivity contribution >= 4 is 39.1 Å². The lowest BCUT2D eigenvalue weighted by atomic mass is 10.1. The summed E-state index contributed by atoms with van der Waals surface area (Å²) in [5.74, 6) is -0.100. The summed E-state index contributed by atoms with van der Waals surface area (Å²) in [7, 11) is 0. The highest BCUT2D eigenvalue weighted by Crippen LogP contribution is 2.19. The molecule has 124 valence electrons. The number of amides is 1. The molecule has 4 nitrogen and oxygen atoms in total. The van der Waals surface area contributed by atoms with Gasteiger partial charge in [-0.2, -0.15) is 0 Å². The van der Waals surface area contributed by atoms with Crippen molar-refractivity contribution in [2.45, 2.75) is 26.4 Å². The molecule has 24 heavy (non-hydrogen) atoms. The summed E-state index contributed by atoms with van der Waals surface area (Å²) in [4.78, 5) is 24.4. The number of nitrogens with zero attached hydrogens (tertiary/aromatic N) is 1. The second-order valence-electron chi connectivity index (χ2n) is 5.71. The van der Waals surface area contributed by atoms with E-state index in [1.165, 1.54) is 11.3 Å². The van der Waals surface area contributed by atoms with Crippen molar-refractivity contribution in [1.29, 1.82) is 0 Å². The Kier molecular flexibility index (Phi) is 4.73. The van der Waals surface area contributed by atoms with Crippen molar-refractivity contribution < 1.29 is 4.79 Å². The molecule has 1 N–H and O–H groups in total. The quantitative estimate of drug-likeness (QED) is 0.767. The number of hydrogen-bond acceptors (Lipinski definition) is 3. The van der Waals surface area contributed by atoms with Gasteiger partial charge in [0.25, 0.3) is 0 Å². The standard InChI is InChI=1S/C18H17ClN2O2S/c1-11-9-16(22)18-15(7-8-24-18)21(11)10-17(23)20-12(2)13-3-5-14(19)6-4-13/h3-9,12H,10H2,1-2H3,(H,20,23)/t12-/m0/s1. The molecule has 0 spiro atoms. The van der Waals surface area contributed by atoms with Crippen LogP contribution in [0.1, 0.15) is 24.2 Å². The van der Waals surface area contributed by atoms with Crippen molar-refractivity contribution in [3.63, 3.8) is 0 Å². The molecule has 0 saturated heterocycles. The highest BCUT2D eigenvalue weighted by molar-refractivity contribution is 7.17. The van der Waals surface area contributed by atoms with Crippen molar-refractivity contribution in [2.24, 2.45) is 0 Å². The van der Waals surface area contributed by atoms with Gasteiger partial charge in [-0.05, 0) is 43.0 Å². The molecule has 2 heterocycles. The summed E-state index contributed by atoms with van der Waals surface area (Å²) in [5.41, 5.74) is 2.58. The van der Waals surface area contributed by atoms with Gasteiger partial charge in [-0.15, -0.1) is 11.3 Å². The number of rotatable bonds is 4. The van der Waals surface area contributed by atoms with Gasteiger partial charge < -0.3 is 9.88 Å². The monoisotopic (exact) mass is 360 g/mol. The highest BCUT2D eigenvalue weighted by Gasteiger charge is 2.13. The fourth-order valence-corrected chi connectivity index (χ4v) is 3.63. The summed E-state index contributed by atoms with van der Waals surface area (Å²) in [6.45, 7) is 3.95. The Morgan fingerprint density at radius 3 is 2.71 bits per heavy atom. The van der Waals surface area contributed by atoms with E-state index in [1.807, 2.05) is 42.0 Å². The molecule has 2 aromatic heterocycles. The second-order valence-corrected chi connectivity index (χ2v) is 7.06. The van der Waals surface area contributed by atoms with Gasteiger partial charge in [0.1, 0.15) is 6.54 Å². The van der Waals surface area contributed by atoms with E-state index in [0.717, 1.165) is 16.8 Å². The molecule has 1 atom stereocenters. The molecule has 0 bridgehead atoms. The van der Waals surface area contributed by atoms with E-state index in [1.54, 1.807) is 18.2 Å². The normalized spacial score (nSPS) is 12.3. The molecule has 6 heteroatoms. The smallest absolute Gasteiger partial charge is 0.240 e. The van der Waals surface area contributed by atoms with Crippen LogP contribution in [0.3, 0.4) is 0 Å². The summed E-state index contributed by atoms with van der Waals surface area (Å²) in [6, 6.07) is 10.7. The first-order valence-corrected chi connectivity index (χ1v) is 8.84. The molecular weight excluding hydrogens is 344 g/mol. The van der Waals surface area contributed by atoms with Crippen LogP contribution < -0.4 is 10.7 Å². The van der Waals surface area contributed by atoms with Crippen LogP contribution in [0.25, 0.3) is 10.2 Å². The fourth-order valence-electron chi connectivity index (χ4n) is 2.70. The van der Waals surface area contributed by atoms with E-state index in [4.69, 9.17) is 11.6 Å². The molecule has 1 amide bonds. The number of fused-ring (bicyclic) bond motifs is 1.